The van der Waals surface area contributed by atoms with Crippen LogP contribution in [0.5, 0.6) is 17.2 Å². The zero-order valence-corrected chi connectivity index (χ0v) is 13.2. The fourth-order valence-electron chi connectivity index (χ4n) is 1.84. The molecule has 0 bridgehead atoms. The molecule has 0 saturated heterocycles. The number of nitrogens with two attached hydrogens (primary N) is 1. The first-order chi connectivity index (χ1) is 10.0. The number of anilines is 1. The highest BCUT2D eigenvalue weighted by Gasteiger charge is 2.10. The molecule has 0 amide bonds. The van der Waals surface area contributed by atoms with E-state index in [4.69, 9.17) is 43.1 Å². The van der Waals surface area contributed by atoms with Gasteiger partial charge in [0, 0.05) is 5.69 Å². The minimum atomic E-state index is 0.295. The molecule has 6 heteroatoms. The van der Waals surface area contributed by atoms with Crippen molar-refractivity contribution in [2.75, 3.05) is 20.0 Å². The summed E-state index contributed by atoms with van der Waals surface area (Å²) >= 11 is 12.1. The summed E-state index contributed by atoms with van der Waals surface area (Å²) in [7, 11) is 3.16. The minimum Gasteiger partial charge on any atom is -0.493 e. The molecular formula is C15H15Cl2NO3. The molecule has 0 aliphatic rings. The van der Waals surface area contributed by atoms with Gasteiger partial charge in [0.1, 0.15) is 6.61 Å². The fraction of sp³-hybridized carbons (Fsp3) is 0.200. The molecule has 0 saturated carbocycles. The molecule has 0 fully saturated rings. The Labute approximate surface area is 133 Å². The SMILES string of the molecule is COc1ccc(COc2c(Cl)cc(N)cc2Cl)cc1OC. The summed E-state index contributed by atoms with van der Waals surface area (Å²) in [6.07, 6.45) is 0. The van der Waals surface area contributed by atoms with Crippen molar-refractivity contribution in [3.63, 3.8) is 0 Å². The van der Waals surface area contributed by atoms with Crippen LogP contribution in [0.3, 0.4) is 0 Å². The van der Waals surface area contributed by atoms with Crippen LogP contribution in [0.2, 0.25) is 10.0 Å². The standard InChI is InChI=1S/C15H15Cl2NO3/c1-19-13-4-3-9(5-14(13)20-2)8-21-15-11(16)6-10(18)7-12(15)17/h3-7H,8,18H2,1-2H3. The second-order valence-corrected chi connectivity index (χ2v) is 5.11. The summed E-state index contributed by atoms with van der Waals surface area (Å²) in [6.45, 7) is 0.295. The summed E-state index contributed by atoms with van der Waals surface area (Å²) < 4.78 is 16.1. The van der Waals surface area contributed by atoms with Gasteiger partial charge < -0.3 is 19.9 Å². The van der Waals surface area contributed by atoms with Crippen molar-refractivity contribution >= 4 is 28.9 Å². The Kier molecular flexibility index (Phi) is 5.04. The lowest BCUT2D eigenvalue weighted by Crippen LogP contribution is -1.99. The highest BCUT2D eigenvalue weighted by Crippen LogP contribution is 2.36. The van der Waals surface area contributed by atoms with E-state index in [0.29, 0.717) is 39.6 Å². The van der Waals surface area contributed by atoms with Crippen molar-refractivity contribution in [2.45, 2.75) is 6.61 Å². The highest BCUT2D eigenvalue weighted by atomic mass is 35.5. The third kappa shape index (κ3) is 3.65. The van der Waals surface area contributed by atoms with Crippen molar-refractivity contribution in [2.24, 2.45) is 0 Å². The van der Waals surface area contributed by atoms with E-state index >= 15 is 0 Å². The summed E-state index contributed by atoms with van der Waals surface area (Å²) in [4.78, 5) is 0. The summed E-state index contributed by atoms with van der Waals surface area (Å²) in [5, 5.41) is 0.751. The average Bonchev–Trinajstić information content (AvgIpc) is 2.45. The molecule has 112 valence electrons. The lowest BCUT2D eigenvalue weighted by Gasteiger charge is -2.12. The molecule has 0 aliphatic heterocycles. The van der Waals surface area contributed by atoms with Crippen molar-refractivity contribution in [1.82, 2.24) is 0 Å². The van der Waals surface area contributed by atoms with Crippen LogP contribution in [0.4, 0.5) is 5.69 Å². The van der Waals surface area contributed by atoms with Gasteiger partial charge >= 0.3 is 0 Å². The first-order valence-electron chi connectivity index (χ1n) is 6.13. The Bertz CT molecular complexity index is 624. The molecule has 2 aromatic rings. The quantitative estimate of drug-likeness (QED) is 0.837. The largest absolute Gasteiger partial charge is 0.493 e. The number of methoxy groups -OCH3 is 2. The zero-order valence-electron chi connectivity index (χ0n) is 11.7. The van der Waals surface area contributed by atoms with Crippen molar-refractivity contribution in [3.8, 4) is 17.2 Å². The van der Waals surface area contributed by atoms with Crippen molar-refractivity contribution in [3.05, 3.63) is 45.9 Å². The third-order valence-electron chi connectivity index (χ3n) is 2.85. The van der Waals surface area contributed by atoms with E-state index in [1.165, 1.54) is 0 Å². The number of hydrogen-bond acceptors (Lipinski definition) is 4. The van der Waals surface area contributed by atoms with Gasteiger partial charge in [-0.2, -0.15) is 0 Å². The molecule has 4 nitrogen and oxygen atoms in total. The van der Waals surface area contributed by atoms with Crippen LogP contribution < -0.4 is 19.9 Å². The second-order valence-electron chi connectivity index (χ2n) is 4.29. The van der Waals surface area contributed by atoms with Crippen LogP contribution in [0.25, 0.3) is 0 Å². The molecule has 0 aromatic heterocycles. The fourth-order valence-corrected chi connectivity index (χ4v) is 2.46. The maximum atomic E-state index is 6.07. The van der Waals surface area contributed by atoms with Gasteiger partial charge in [0.15, 0.2) is 17.2 Å². The molecule has 2 N–H and O–H groups in total. The molecule has 0 spiro atoms. The number of benzene rings is 2. The van der Waals surface area contributed by atoms with E-state index in [0.717, 1.165) is 5.56 Å². The zero-order chi connectivity index (χ0) is 15.4. The molecule has 2 rings (SSSR count). The Morgan fingerprint density at radius 2 is 1.57 bits per heavy atom. The van der Waals surface area contributed by atoms with Crippen LogP contribution >= 0.6 is 23.2 Å². The molecule has 0 atom stereocenters. The van der Waals surface area contributed by atoms with Gasteiger partial charge in [0.25, 0.3) is 0 Å². The lowest BCUT2D eigenvalue weighted by atomic mass is 10.2. The molecule has 0 heterocycles. The third-order valence-corrected chi connectivity index (χ3v) is 3.41. The van der Waals surface area contributed by atoms with Gasteiger partial charge in [-0.3, -0.25) is 0 Å². The molecule has 2 aromatic carbocycles. The van der Waals surface area contributed by atoms with Crippen LogP contribution in [0, 0.1) is 0 Å². The molecule has 0 aliphatic carbocycles. The van der Waals surface area contributed by atoms with Gasteiger partial charge in [-0.05, 0) is 29.8 Å². The van der Waals surface area contributed by atoms with Gasteiger partial charge in [0.05, 0.1) is 24.3 Å². The predicted octanol–water partition coefficient (Wildman–Crippen LogP) is 4.17. The van der Waals surface area contributed by atoms with E-state index in [9.17, 15) is 0 Å². The number of hydrogen-bond donors (Lipinski definition) is 1. The van der Waals surface area contributed by atoms with Gasteiger partial charge in [-0.1, -0.05) is 29.3 Å². The van der Waals surface area contributed by atoms with E-state index in [2.05, 4.69) is 0 Å². The second kappa shape index (κ2) is 6.78. The Balaban J connectivity index is 2.17. The number of nitrogen functional groups attached to an aromatic ring is 1. The molecule has 0 unspecified atom stereocenters. The van der Waals surface area contributed by atoms with Crippen LogP contribution in [-0.2, 0) is 6.61 Å². The van der Waals surface area contributed by atoms with Crippen molar-refractivity contribution in [1.29, 1.82) is 0 Å². The Morgan fingerprint density at radius 3 is 2.14 bits per heavy atom. The van der Waals surface area contributed by atoms with Crippen LogP contribution in [0.1, 0.15) is 5.56 Å². The minimum absolute atomic E-state index is 0.295. The summed E-state index contributed by atoms with van der Waals surface area (Å²) in [5.41, 5.74) is 7.04. The number of ether oxygens (including phenoxy) is 3. The maximum Gasteiger partial charge on any atom is 0.161 e. The van der Waals surface area contributed by atoms with Gasteiger partial charge in [0.2, 0.25) is 0 Å². The number of rotatable bonds is 5. The van der Waals surface area contributed by atoms with Gasteiger partial charge in [-0.15, -0.1) is 0 Å². The van der Waals surface area contributed by atoms with E-state index in [-0.39, 0.29) is 0 Å². The summed E-state index contributed by atoms with van der Waals surface area (Å²) in [6, 6.07) is 8.71. The van der Waals surface area contributed by atoms with Crippen LogP contribution in [-0.4, -0.2) is 14.2 Å². The smallest absolute Gasteiger partial charge is 0.161 e. The Morgan fingerprint density at radius 1 is 0.952 bits per heavy atom. The monoisotopic (exact) mass is 327 g/mol. The molecular weight excluding hydrogens is 313 g/mol. The summed E-state index contributed by atoms with van der Waals surface area (Å²) in [5.74, 6) is 1.69. The normalized spacial score (nSPS) is 10.3. The number of halogens is 2. The first kappa shape index (κ1) is 15.6. The van der Waals surface area contributed by atoms with Gasteiger partial charge in [-0.25, -0.2) is 0 Å². The topological polar surface area (TPSA) is 53.7 Å². The van der Waals surface area contributed by atoms with E-state index in [1.54, 1.807) is 26.4 Å². The van der Waals surface area contributed by atoms with Crippen LogP contribution in [0.15, 0.2) is 30.3 Å². The van der Waals surface area contributed by atoms with E-state index < -0.39 is 0 Å². The average molecular weight is 328 g/mol. The molecule has 21 heavy (non-hydrogen) atoms. The molecule has 0 radical (unpaired) electrons. The lowest BCUT2D eigenvalue weighted by molar-refractivity contribution is 0.304. The maximum absolute atomic E-state index is 6.07. The Hall–Kier alpha value is -1.78. The van der Waals surface area contributed by atoms with Crippen molar-refractivity contribution < 1.29 is 14.2 Å². The first-order valence-corrected chi connectivity index (χ1v) is 6.89. The van der Waals surface area contributed by atoms with E-state index in [1.807, 2.05) is 18.2 Å². The predicted molar refractivity (Wildman–Crippen MR) is 84.8 cm³/mol. The highest BCUT2D eigenvalue weighted by molar-refractivity contribution is 6.37.